The van der Waals surface area contributed by atoms with Gasteiger partial charge in [-0.3, -0.25) is 14.6 Å². The molecule has 1 unspecified atom stereocenters. The molecule has 8 heteroatoms. The van der Waals surface area contributed by atoms with Gasteiger partial charge < -0.3 is 14.8 Å². The van der Waals surface area contributed by atoms with Gasteiger partial charge in [-0.15, -0.1) is 0 Å². The molecule has 2 fully saturated rings. The number of benzene rings is 1. The Hall–Kier alpha value is -2.58. The second-order valence-electron chi connectivity index (χ2n) is 8.62. The Morgan fingerprint density at radius 3 is 2.56 bits per heavy atom. The van der Waals surface area contributed by atoms with Crippen LogP contribution in [0.15, 0.2) is 35.0 Å². The summed E-state index contributed by atoms with van der Waals surface area (Å²) in [5.74, 6) is 1.52. The summed E-state index contributed by atoms with van der Waals surface area (Å²) in [5.41, 5.74) is 1.33. The van der Waals surface area contributed by atoms with E-state index in [9.17, 15) is 9.59 Å². The van der Waals surface area contributed by atoms with Crippen LogP contribution < -0.4 is 14.8 Å². The Labute approximate surface area is 193 Å². The molecule has 0 spiro atoms. The van der Waals surface area contributed by atoms with Gasteiger partial charge in [-0.05, 0) is 85.8 Å². The maximum atomic E-state index is 13.2. The van der Waals surface area contributed by atoms with E-state index in [1.807, 2.05) is 42.8 Å². The highest BCUT2D eigenvalue weighted by molar-refractivity contribution is 7.07. The van der Waals surface area contributed by atoms with Crippen molar-refractivity contribution in [2.75, 3.05) is 26.8 Å². The van der Waals surface area contributed by atoms with Gasteiger partial charge in [0.05, 0.1) is 20.3 Å². The molecule has 7 nitrogen and oxygen atoms in total. The summed E-state index contributed by atoms with van der Waals surface area (Å²) in [6, 6.07) is 7.72. The van der Waals surface area contributed by atoms with Gasteiger partial charge in [-0.1, -0.05) is 6.07 Å². The summed E-state index contributed by atoms with van der Waals surface area (Å²) in [4.78, 5) is 29.5. The molecule has 32 heavy (non-hydrogen) atoms. The number of amides is 3. The highest BCUT2D eigenvalue weighted by Crippen LogP contribution is 2.35. The van der Waals surface area contributed by atoms with Crippen molar-refractivity contribution in [2.24, 2.45) is 5.92 Å². The van der Waals surface area contributed by atoms with Crippen LogP contribution >= 0.6 is 11.3 Å². The Balaban J connectivity index is 1.37. The first kappa shape index (κ1) is 22.6. The maximum absolute atomic E-state index is 13.2. The van der Waals surface area contributed by atoms with E-state index in [1.54, 1.807) is 18.4 Å². The third-order valence-electron chi connectivity index (χ3n) is 6.56. The molecule has 0 radical (unpaired) electrons. The van der Waals surface area contributed by atoms with Crippen molar-refractivity contribution in [1.29, 1.82) is 0 Å². The normalized spacial score (nSPS) is 22.3. The van der Waals surface area contributed by atoms with E-state index in [1.165, 1.54) is 10.5 Å². The second-order valence-corrected chi connectivity index (χ2v) is 9.40. The number of carbonyl (C=O) groups excluding carboxylic acids is 2. The maximum Gasteiger partial charge on any atom is 0.325 e. The lowest BCUT2D eigenvalue weighted by molar-refractivity contribution is -0.133. The Bertz CT molecular complexity index is 956. The molecule has 0 aliphatic carbocycles. The smallest absolute Gasteiger partial charge is 0.325 e. The number of piperidine rings is 1. The number of urea groups is 1. The van der Waals surface area contributed by atoms with E-state index < -0.39 is 5.54 Å². The largest absolute Gasteiger partial charge is 0.493 e. The van der Waals surface area contributed by atoms with Crippen LogP contribution in [-0.2, 0) is 17.9 Å². The van der Waals surface area contributed by atoms with Gasteiger partial charge in [-0.2, -0.15) is 11.3 Å². The molecule has 1 aromatic carbocycles. The molecule has 2 aliphatic rings. The number of likely N-dealkylation sites (tertiary alicyclic amines) is 1. The van der Waals surface area contributed by atoms with Gasteiger partial charge in [0, 0.05) is 6.54 Å². The number of methoxy groups -OCH3 is 1. The molecule has 1 aromatic heterocycles. The van der Waals surface area contributed by atoms with E-state index in [2.05, 4.69) is 16.3 Å². The number of carbonyl (C=O) groups is 2. The first-order chi connectivity index (χ1) is 15.4. The molecule has 0 saturated carbocycles. The van der Waals surface area contributed by atoms with Crippen molar-refractivity contribution in [3.63, 3.8) is 0 Å². The van der Waals surface area contributed by atoms with E-state index in [4.69, 9.17) is 9.47 Å². The minimum atomic E-state index is -0.832. The van der Waals surface area contributed by atoms with Gasteiger partial charge in [0.15, 0.2) is 11.5 Å². The lowest BCUT2D eigenvalue weighted by atomic mass is 9.79. The minimum absolute atomic E-state index is 0.108. The lowest BCUT2D eigenvalue weighted by Crippen LogP contribution is -2.53. The molecule has 172 valence electrons. The second kappa shape index (κ2) is 9.50. The predicted molar refractivity (Wildman–Crippen MR) is 124 cm³/mol. The molecule has 4 rings (SSSR count). The average molecular weight is 458 g/mol. The molecule has 2 aliphatic heterocycles. The first-order valence-electron chi connectivity index (χ1n) is 11.1. The summed E-state index contributed by atoms with van der Waals surface area (Å²) in [5, 5.41) is 6.94. The van der Waals surface area contributed by atoms with Crippen LogP contribution in [0.4, 0.5) is 4.79 Å². The number of thiophene rings is 1. The van der Waals surface area contributed by atoms with E-state index in [0.717, 1.165) is 49.5 Å². The van der Waals surface area contributed by atoms with Crippen molar-refractivity contribution in [3.8, 4) is 11.5 Å². The summed E-state index contributed by atoms with van der Waals surface area (Å²) in [6.07, 6.45) is 1.73. The standard InChI is InChI=1S/C24H31N3O4S/c1-4-31-21-13-17(5-6-20(21)30-3)14-26-10-7-19(8-11-26)24(2)22(28)27(23(29)25-24)15-18-9-12-32-16-18/h5-6,9,12-13,16,19H,4,7-8,10-11,14-15H2,1-3H3,(H,25,29). The zero-order chi connectivity index (χ0) is 22.7. The minimum Gasteiger partial charge on any atom is -0.493 e. The Morgan fingerprint density at radius 1 is 1.12 bits per heavy atom. The molecule has 3 amide bonds. The molecule has 3 heterocycles. The van der Waals surface area contributed by atoms with Crippen LogP contribution in [0.3, 0.4) is 0 Å². The number of hydrogen-bond acceptors (Lipinski definition) is 6. The van der Waals surface area contributed by atoms with Crippen molar-refractivity contribution >= 4 is 23.3 Å². The quantitative estimate of drug-likeness (QED) is 0.609. The fraction of sp³-hybridized carbons (Fsp3) is 0.500. The van der Waals surface area contributed by atoms with Gasteiger partial charge in [0.1, 0.15) is 5.54 Å². The zero-order valence-corrected chi connectivity index (χ0v) is 19.7. The molecular formula is C24H31N3O4S. The molecular weight excluding hydrogens is 426 g/mol. The van der Waals surface area contributed by atoms with Crippen molar-refractivity contribution < 1.29 is 19.1 Å². The molecule has 1 N–H and O–H groups in total. The van der Waals surface area contributed by atoms with E-state index >= 15 is 0 Å². The van der Waals surface area contributed by atoms with Crippen LogP contribution in [0.2, 0.25) is 0 Å². The SMILES string of the molecule is CCOc1cc(CN2CCC(C3(C)NC(=O)N(Cc4ccsc4)C3=O)CC2)ccc1OC. The topological polar surface area (TPSA) is 71.1 Å². The lowest BCUT2D eigenvalue weighted by Gasteiger charge is -2.39. The summed E-state index contributed by atoms with van der Waals surface area (Å²) >= 11 is 1.57. The van der Waals surface area contributed by atoms with Crippen LogP contribution in [-0.4, -0.2) is 54.1 Å². The van der Waals surface area contributed by atoms with Gasteiger partial charge in [0.25, 0.3) is 5.91 Å². The number of hydrogen-bond donors (Lipinski definition) is 1. The highest BCUT2D eigenvalue weighted by atomic mass is 32.1. The average Bonchev–Trinajstić information content (AvgIpc) is 3.38. The van der Waals surface area contributed by atoms with Crippen LogP contribution in [0, 0.1) is 5.92 Å². The van der Waals surface area contributed by atoms with Gasteiger partial charge in [0.2, 0.25) is 0 Å². The molecule has 0 bridgehead atoms. The number of ether oxygens (including phenoxy) is 2. The fourth-order valence-electron chi connectivity index (χ4n) is 4.72. The van der Waals surface area contributed by atoms with E-state index in [0.29, 0.717) is 13.2 Å². The highest BCUT2D eigenvalue weighted by Gasteiger charge is 2.52. The zero-order valence-electron chi connectivity index (χ0n) is 18.9. The third-order valence-corrected chi connectivity index (χ3v) is 7.29. The number of nitrogens with zero attached hydrogens (tertiary/aromatic N) is 2. The van der Waals surface area contributed by atoms with Crippen molar-refractivity contribution in [1.82, 2.24) is 15.1 Å². The summed E-state index contributed by atoms with van der Waals surface area (Å²) in [6.45, 7) is 7.35. The summed E-state index contributed by atoms with van der Waals surface area (Å²) in [7, 11) is 1.65. The molecule has 2 aromatic rings. The number of imide groups is 1. The monoisotopic (exact) mass is 457 g/mol. The van der Waals surface area contributed by atoms with Gasteiger partial charge >= 0.3 is 6.03 Å². The number of rotatable bonds is 8. The van der Waals surface area contributed by atoms with Crippen molar-refractivity contribution in [3.05, 3.63) is 46.2 Å². The van der Waals surface area contributed by atoms with Crippen LogP contribution in [0.5, 0.6) is 11.5 Å². The molecule has 1 atom stereocenters. The van der Waals surface area contributed by atoms with Crippen LogP contribution in [0.25, 0.3) is 0 Å². The predicted octanol–water partition coefficient (Wildman–Crippen LogP) is 3.88. The van der Waals surface area contributed by atoms with Crippen molar-refractivity contribution in [2.45, 2.75) is 45.3 Å². The Kier molecular flexibility index (Phi) is 6.71. The Morgan fingerprint density at radius 2 is 1.91 bits per heavy atom. The first-order valence-corrected chi connectivity index (χ1v) is 12.1. The van der Waals surface area contributed by atoms with Gasteiger partial charge in [-0.25, -0.2) is 4.79 Å². The van der Waals surface area contributed by atoms with E-state index in [-0.39, 0.29) is 17.9 Å². The summed E-state index contributed by atoms with van der Waals surface area (Å²) < 4.78 is 11.1. The molecule has 2 saturated heterocycles. The van der Waals surface area contributed by atoms with Crippen LogP contribution in [0.1, 0.15) is 37.8 Å². The third kappa shape index (κ3) is 4.47. The fourth-order valence-corrected chi connectivity index (χ4v) is 5.38. The number of nitrogens with one attached hydrogen (secondary N) is 1.